The Hall–Kier alpha value is -1.84. The Morgan fingerprint density at radius 3 is 2.65 bits per heavy atom. The van der Waals surface area contributed by atoms with Crippen LogP contribution in [0.25, 0.3) is 0 Å². The predicted molar refractivity (Wildman–Crippen MR) is 79.5 cm³/mol. The molecule has 4 nitrogen and oxygen atoms in total. The van der Waals surface area contributed by atoms with Gasteiger partial charge in [0.05, 0.1) is 5.92 Å². The minimum atomic E-state index is -0.246. The van der Waals surface area contributed by atoms with E-state index in [9.17, 15) is 9.59 Å². The van der Waals surface area contributed by atoms with Crippen molar-refractivity contribution in [3.05, 3.63) is 29.3 Å². The average molecular weight is 274 g/mol. The normalized spacial score (nSPS) is 18.8. The fourth-order valence-electron chi connectivity index (χ4n) is 2.51. The maximum atomic E-state index is 12.3. The minimum Gasteiger partial charge on any atom is -0.339 e. The summed E-state index contributed by atoms with van der Waals surface area (Å²) >= 11 is 0. The summed E-state index contributed by atoms with van der Waals surface area (Å²) in [4.78, 5) is 25.9. The highest BCUT2D eigenvalue weighted by Gasteiger charge is 2.35. The van der Waals surface area contributed by atoms with Crippen molar-refractivity contribution in [3.8, 4) is 0 Å². The van der Waals surface area contributed by atoms with Crippen molar-refractivity contribution in [3.63, 3.8) is 0 Å². The number of nitrogens with zero attached hydrogens (tertiary/aromatic N) is 1. The van der Waals surface area contributed by atoms with Crippen LogP contribution in [0.4, 0.5) is 5.69 Å². The number of hydrogen-bond donors (Lipinski definition) is 1. The molecule has 0 radical (unpaired) electrons. The Morgan fingerprint density at radius 1 is 1.35 bits per heavy atom. The number of aryl methyl sites for hydroxylation is 2. The van der Waals surface area contributed by atoms with Crippen molar-refractivity contribution >= 4 is 17.5 Å². The first-order valence-corrected chi connectivity index (χ1v) is 7.06. The number of nitrogens with one attached hydrogen (secondary N) is 1. The Morgan fingerprint density at radius 2 is 2.05 bits per heavy atom. The second-order valence-corrected chi connectivity index (χ2v) is 5.85. The molecule has 1 aliphatic rings. The zero-order valence-corrected chi connectivity index (χ0v) is 12.6. The van der Waals surface area contributed by atoms with Crippen molar-refractivity contribution < 1.29 is 9.59 Å². The lowest BCUT2D eigenvalue weighted by molar-refractivity contribution is -0.129. The molecule has 4 heteroatoms. The molecule has 1 aliphatic heterocycles. The summed E-state index contributed by atoms with van der Waals surface area (Å²) in [6.45, 7) is 8.43. The maximum absolute atomic E-state index is 12.3. The number of amides is 2. The summed E-state index contributed by atoms with van der Waals surface area (Å²) in [5, 5.41) is 2.96. The Labute approximate surface area is 120 Å². The molecule has 20 heavy (non-hydrogen) atoms. The summed E-state index contributed by atoms with van der Waals surface area (Å²) in [7, 11) is 0. The van der Waals surface area contributed by atoms with Crippen LogP contribution in [0.5, 0.6) is 0 Å². The highest BCUT2D eigenvalue weighted by atomic mass is 16.2. The maximum Gasteiger partial charge on any atom is 0.229 e. The van der Waals surface area contributed by atoms with Crippen LogP contribution in [0.3, 0.4) is 0 Å². The van der Waals surface area contributed by atoms with Crippen molar-refractivity contribution in [1.29, 1.82) is 0 Å². The third kappa shape index (κ3) is 3.00. The summed E-state index contributed by atoms with van der Waals surface area (Å²) in [6, 6.07) is 6.13. The fourth-order valence-corrected chi connectivity index (χ4v) is 2.51. The van der Waals surface area contributed by atoms with Gasteiger partial charge in [-0.1, -0.05) is 12.1 Å². The van der Waals surface area contributed by atoms with E-state index in [1.807, 2.05) is 45.9 Å². The summed E-state index contributed by atoms with van der Waals surface area (Å²) < 4.78 is 0. The quantitative estimate of drug-likeness (QED) is 0.920. The van der Waals surface area contributed by atoms with E-state index in [-0.39, 0.29) is 23.8 Å². The molecule has 1 saturated heterocycles. The van der Waals surface area contributed by atoms with Gasteiger partial charge in [-0.2, -0.15) is 0 Å². The Kier molecular flexibility index (Phi) is 4.12. The average Bonchev–Trinajstić information content (AvgIpc) is 2.76. The van der Waals surface area contributed by atoms with Gasteiger partial charge in [0, 0.05) is 24.7 Å². The molecule has 0 spiro atoms. The highest BCUT2D eigenvalue weighted by molar-refractivity contribution is 5.97. The Balaban J connectivity index is 2.06. The molecule has 1 aromatic carbocycles. The van der Waals surface area contributed by atoms with E-state index < -0.39 is 0 Å². The first kappa shape index (κ1) is 14.6. The molecule has 0 aliphatic carbocycles. The molecule has 2 amide bonds. The highest BCUT2D eigenvalue weighted by Crippen LogP contribution is 2.23. The number of carbonyl (C=O) groups excluding carboxylic acids is 2. The van der Waals surface area contributed by atoms with E-state index >= 15 is 0 Å². The van der Waals surface area contributed by atoms with Gasteiger partial charge in [0.25, 0.3) is 0 Å². The third-order valence-corrected chi connectivity index (χ3v) is 3.80. The first-order valence-electron chi connectivity index (χ1n) is 7.06. The monoisotopic (exact) mass is 274 g/mol. The van der Waals surface area contributed by atoms with E-state index in [2.05, 4.69) is 5.32 Å². The molecule has 1 heterocycles. The number of rotatable bonds is 3. The van der Waals surface area contributed by atoms with Gasteiger partial charge in [0.2, 0.25) is 11.8 Å². The molecule has 2 rings (SSSR count). The molecule has 1 atom stereocenters. The second kappa shape index (κ2) is 5.65. The number of carbonyl (C=O) groups is 2. The lowest BCUT2D eigenvalue weighted by Gasteiger charge is -2.20. The smallest absolute Gasteiger partial charge is 0.229 e. The standard InChI is InChI=1S/C16H22N2O2/c1-10(2)18-9-13(8-15(18)19)16(20)17-14-7-11(3)5-6-12(14)4/h5-7,10,13H,8-9H2,1-4H3,(H,17,20)/t13-/m0/s1. The Bertz CT molecular complexity index is 537. The SMILES string of the molecule is Cc1ccc(C)c(NC(=O)[C@H]2CC(=O)N(C(C)C)C2)c1. The number of benzene rings is 1. The van der Waals surface area contributed by atoms with Crippen molar-refractivity contribution in [2.45, 2.75) is 40.2 Å². The number of anilines is 1. The van der Waals surface area contributed by atoms with E-state index in [0.29, 0.717) is 13.0 Å². The van der Waals surface area contributed by atoms with Crippen LogP contribution in [-0.2, 0) is 9.59 Å². The van der Waals surface area contributed by atoms with Gasteiger partial charge in [0.15, 0.2) is 0 Å². The molecular formula is C16H22N2O2. The zero-order valence-electron chi connectivity index (χ0n) is 12.6. The van der Waals surface area contributed by atoms with E-state index in [1.165, 1.54) is 0 Å². The third-order valence-electron chi connectivity index (χ3n) is 3.80. The van der Waals surface area contributed by atoms with Crippen LogP contribution in [-0.4, -0.2) is 29.3 Å². The number of likely N-dealkylation sites (tertiary alicyclic amines) is 1. The molecule has 0 bridgehead atoms. The lowest BCUT2D eigenvalue weighted by Crippen LogP contribution is -2.33. The summed E-state index contributed by atoms with van der Waals surface area (Å²) in [5.74, 6) is -0.235. The molecule has 0 unspecified atom stereocenters. The van der Waals surface area contributed by atoms with Crippen molar-refractivity contribution in [1.82, 2.24) is 4.90 Å². The first-order chi connectivity index (χ1) is 9.38. The van der Waals surface area contributed by atoms with Crippen LogP contribution in [0.1, 0.15) is 31.4 Å². The van der Waals surface area contributed by atoms with Gasteiger partial charge in [-0.05, 0) is 44.9 Å². The molecule has 108 valence electrons. The van der Waals surface area contributed by atoms with Gasteiger partial charge in [-0.15, -0.1) is 0 Å². The molecule has 0 aromatic heterocycles. The summed E-state index contributed by atoms with van der Waals surface area (Å²) in [5.41, 5.74) is 2.98. The van der Waals surface area contributed by atoms with Crippen molar-refractivity contribution in [2.75, 3.05) is 11.9 Å². The van der Waals surface area contributed by atoms with Crippen LogP contribution in [0, 0.1) is 19.8 Å². The zero-order chi connectivity index (χ0) is 14.9. The minimum absolute atomic E-state index is 0.0600. The van der Waals surface area contributed by atoms with E-state index in [1.54, 1.807) is 4.90 Å². The van der Waals surface area contributed by atoms with Gasteiger partial charge in [-0.25, -0.2) is 0 Å². The van der Waals surface area contributed by atoms with Gasteiger partial charge in [0.1, 0.15) is 0 Å². The van der Waals surface area contributed by atoms with Crippen LogP contribution in [0.2, 0.25) is 0 Å². The molecule has 1 fully saturated rings. The molecule has 0 saturated carbocycles. The predicted octanol–water partition coefficient (Wildman–Crippen LogP) is 2.50. The van der Waals surface area contributed by atoms with Gasteiger partial charge >= 0.3 is 0 Å². The van der Waals surface area contributed by atoms with Gasteiger partial charge in [-0.3, -0.25) is 9.59 Å². The number of hydrogen-bond acceptors (Lipinski definition) is 2. The van der Waals surface area contributed by atoms with Crippen LogP contribution >= 0.6 is 0 Å². The lowest BCUT2D eigenvalue weighted by atomic mass is 10.1. The van der Waals surface area contributed by atoms with Crippen LogP contribution < -0.4 is 5.32 Å². The second-order valence-electron chi connectivity index (χ2n) is 5.85. The van der Waals surface area contributed by atoms with Crippen molar-refractivity contribution in [2.24, 2.45) is 5.92 Å². The molecule has 1 N–H and O–H groups in total. The fraction of sp³-hybridized carbons (Fsp3) is 0.500. The van der Waals surface area contributed by atoms with E-state index in [4.69, 9.17) is 0 Å². The summed E-state index contributed by atoms with van der Waals surface area (Å²) in [6.07, 6.45) is 0.314. The molecule has 1 aromatic rings. The topological polar surface area (TPSA) is 49.4 Å². The van der Waals surface area contributed by atoms with Gasteiger partial charge < -0.3 is 10.2 Å². The van der Waals surface area contributed by atoms with E-state index in [0.717, 1.165) is 16.8 Å². The largest absolute Gasteiger partial charge is 0.339 e. The molecular weight excluding hydrogens is 252 g/mol. The van der Waals surface area contributed by atoms with Crippen LogP contribution in [0.15, 0.2) is 18.2 Å².